The van der Waals surface area contributed by atoms with Gasteiger partial charge in [-0.25, -0.2) is 8.78 Å². The quantitative estimate of drug-likeness (QED) is 0.363. The molecule has 2 aromatic rings. The molecule has 1 aliphatic carbocycles. The van der Waals surface area contributed by atoms with Crippen molar-refractivity contribution in [3.8, 4) is 16.9 Å². The average molecular weight is 478 g/mol. The normalized spacial score (nSPS) is 20.5. The molecular weight excluding hydrogens is 453 g/mol. The van der Waals surface area contributed by atoms with Crippen LogP contribution in [0.3, 0.4) is 0 Å². The Morgan fingerprint density at radius 2 is 1.52 bits per heavy atom. The van der Waals surface area contributed by atoms with Crippen LogP contribution in [-0.4, -0.2) is 31.7 Å². The number of halogens is 7. The molecule has 0 heterocycles. The first-order valence-corrected chi connectivity index (χ1v) is 10.8. The number of hydrogen-bond acceptors (Lipinski definition) is 2. The van der Waals surface area contributed by atoms with E-state index < -0.39 is 30.0 Å². The summed E-state index contributed by atoms with van der Waals surface area (Å²) in [6.45, 7) is 3.46. The van der Waals surface area contributed by atoms with Gasteiger partial charge < -0.3 is 9.47 Å². The van der Waals surface area contributed by atoms with E-state index in [-0.39, 0.29) is 0 Å². The van der Waals surface area contributed by atoms with Gasteiger partial charge in [0.15, 0.2) is 11.6 Å². The van der Waals surface area contributed by atoms with E-state index >= 15 is 0 Å². The summed E-state index contributed by atoms with van der Waals surface area (Å²) in [7, 11) is 0. The molecule has 0 N–H and O–H groups in total. The molecule has 0 spiro atoms. The van der Waals surface area contributed by atoms with Gasteiger partial charge in [-0.05, 0) is 73.3 Å². The zero-order chi connectivity index (χ0) is 24.2. The molecular formula is C24H25F7O2. The Kier molecular flexibility index (Phi) is 7.92. The second-order valence-corrected chi connectivity index (χ2v) is 8.21. The van der Waals surface area contributed by atoms with Crippen LogP contribution in [0, 0.1) is 11.7 Å². The number of alkyl halides is 6. The van der Waals surface area contributed by atoms with Crippen LogP contribution in [0.1, 0.15) is 44.1 Å². The van der Waals surface area contributed by atoms with Crippen LogP contribution in [0.5, 0.6) is 5.75 Å². The summed E-state index contributed by atoms with van der Waals surface area (Å²) >= 11 is 0. The zero-order valence-corrected chi connectivity index (χ0v) is 18.0. The molecule has 182 valence electrons. The van der Waals surface area contributed by atoms with Crippen LogP contribution in [0.25, 0.3) is 11.1 Å². The third-order valence-corrected chi connectivity index (χ3v) is 5.88. The number of benzene rings is 2. The maximum atomic E-state index is 14.2. The van der Waals surface area contributed by atoms with Crippen LogP contribution in [0.2, 0.25) is 0 Å². The Morgan fingerprint density at radius 1 is 0.909 bits per heavy atom. The van der Waals surface area contributed by atoms with Crippen molar-refractivity contribution in [2.45, 2.75) is 57.0 Å². The number of ether oxygens (including phenoxy) is 2. The highest BCUT2D eigenvalue weighted by molar-refractivity contribution is 5.64. The van der Waals surface area contributed by atoms with E-state index in [9.17, 15) is 30.7 Å². The van der Waals surface area contributed by atoms with Gasteiger partial charge in [0.2, 0.25) is 0 Å². The van der Waals surface area contributed by atoms with Crippen molar-refractivity contribution >= 4 is 0 Å². The highest BCUT2D eigenvalue weighted by Crippen LogP contribution is 2.39. The largest absolute Gasteiger partial charge is 0.439 e. The van der Waals surface area contributed by atoms with Crippen LogP contribution in [0.15, 0.2) is 42.5 Å². The van der Waals surface area contributed by atoms with Gasteiger partial charge in [0.05, 0.1) is 0 Å². The zero-order valence-electron chi connectivity index (χ0n) is 18.0. The van der Waals surface area contributed by atoms with Crippen molar-refractivity contribution < 1.29 is 40.2 Å². The van der Waals surface area contributed by atoms with Crippen molar-refractivity contribution in [1.82, 2.24) is 0 Å². The fraction of sp³-hybridized carbons (Fsp3) is 0.500. The predicted octanol–water partition coefficient (Wildman–Crippen LogP) is 7.68. The highest BCUT2D eigenvalue weighted by atomic mass is 19.4. The standard InChI is InChI=1S/C24H25F7O2/c1-2-32-14-15-3-5-16(6-4-15)17-7-9-18(10-8-17)19-11-12-21(20(25)13-19)33-24(30,31)22(26)23(27,28)29/h7-13,15-16,22H,2-6,14H2,1H3. The molecule has 0 aliphatic heterocycles. The van der Waals surface area contributed by atoms with Gasteiger partial charge >= 0.3 is 12.3 Å². The van der Waals surface area contributed by atoms with E-state index in [1.165, 1.54) is 6.07 Å². The Hall–Kier alpha value is -2.29. The Labute approximate surface area is 187 Å². The topological polar surface area (TPSA) is 18.5 Å². The Morgan fingerprint density at radius 3 is 2.06 bits per heavy atom. The van der Waals surface area contributed by atoms with Crippen LogP contribution < -0.4 is 4.74 Å². The van der Waals surface area contributed by atoms with E-state index in [1.54, 1.807) is 12.1 Å². The summed E-state index contributed by atoms with van der Waals surface area (Å²) in [5, 5.41) is 0. The molecule has 0 bridgehead atoms. The lowest BCUT2D eigenvalue weighted by atomic mass is 9.79. The van der Waals surface area contributed by atoms with E-state index in [2.05, 4.69) is 4.74 Å². The van der Waals surface area contributed by atoms with Gasteiger partial charge in [-0.15, -0.1) is 0 Å². The lowest BCUT2D eigenvalue weighted by Gasteiger charge is -2.28. The van der Waals surface area contributed by atoms with Gasteiger partial charge in [0, 0.05) is 13.2 Å². The molecule has 0 amide bonds. The third kappa shape index (κ3) is 6.40. The minimum atomic E-state index is -5.84. The third-order valence-electron chi connectivity index (χ3n) is 5.88. The molecule has 0 aromatic heterocycles. The van der Waals surface area contributed by atoms with Crippen LogP contribution >= 0.6 is 0 Å². The van der Waals surface area contributed by atoms with Gasteiger partial charge in [-0.1, -0.05) is 30.3 Å². The van der Waals surface area contributed by atoms with Crippen molar-refractivity contribution in [3.63, 3.8) is 0 Å². The second kappa shape index (κ2) is 10.3. The minimum absolute atomic E-state index is 0.322. The molecule has 1 aliphatic rings. The molecule has 1 unspecified atom stereocenters. The van der Waals surface area contributed by atoms with Gasteiger partial charge in [-0.2, -0.15) is 22.0 Å². The van der Waals surface area contributed by atoms with Crippen molar-refractivity contribution in [2.75, 3.05) is 13.2 Å². The fourth-order valence-electron chi connectivity index (χ4n) is 4.05. The molecule has 1 atom stereocenters. The molecule has 9 heteroatoms. The first-order valence-electron chi connectivity index (χ1n) is 10.8. The van der Waals surface area contributed by atoms with Crippen molar-refractivity contribution in [2.24, 2.45) is 5.92 Å². The van der Waals surface area contributed by atoms with E-state index in [0.29, 0.717) is 29.6 Å². The summed E-state index contributed by atoms with van der Waals surface area (Å²) < 4.78 is 100. The molecule has 2 aromatic carbocycles. The predicted molar refractivity (Wildman–Crippen MR) is 110 cm³/mol. The maximum absolute atomic E-state index is 14.2. The summed E-state index contributed by atoms with van der Waals surface area (Å²) in [5.74, 6) is -1.51. The van der Waals surface area contributed by atoms with Crippen molar-refractivity contribution in [1.29, 1.82) is 0 Å². The summed E-state index contributed by atoms with van der Waals surface area (Å²) in [6.07, 6.45) is -11.4. The first kappa shape index (κ1) is 25.3. The SMILES string of the molecule is CCOCC1CCC(c2ccc(-c3ccc(OC(F)(F)C(F)C(F)(F)F)c(F)c3)cc2)CC1. The highest BCUT2D eigenvalue weighted by Gasteiger charge is 2.59. The fourth-order valence-corrected chi connectivity index (χ4v) is 4.05. The van der Waals surface area contributed by atoms with Crippen LogP contribution in [0.4, 0.5) is 30.7 Å². The van der Waals surface area contributed by atoms with E-state index in [4.69, 9.17) is 4.74 Å². The average Bonchev–Trinajstić information content (AvgIpc) is 2.78. The molecule has 0 radical (unpaired) electrons. The van der Waals surface area contributed by atoms with E-state index in [1.807, 2.05) is 19.1 Å². The summed E-state index contributed by atoms with van der Waals surface area (Å²) in [6, 6.07) is 10.2. The van der Waals surface area contributed by atoms with Gasteiger partial charge in [0.25, 0.3) is 6.17 Å². The second-order valence-electron chi connectivity index (χ2n) is 8.21. The maximum Gasteiger partial charge on any atom is 0.439 e. The number of hydrogen-bond donors (Lipinski definition) is 0. The lowest BCUT2D eigenvalue weighted by Crippen LogP contribution is -2.45. The molecule has 33 heavy (non-hydrogen) atoms. The van der Waals surface area contributed by atoms with Crippen molar-refractivity contribution in [3.05, 3.63) is 53.8 Å². The molecule has 0 saturated heterocycles. The Balaban J connectivity index is 1.66. The molecule has 3 rings (SSSR count). The molecule has 1 saturated carbocycles. The summed E-state index contributed by atoms with van der Waals surface area (Å²) in [4.78, 5) is 0. The van der Waals surface area contributed by atoms with Gasteiger partial charge in [0.1, 0.15) is 0 Å². The number of rotatable bonds is 8. The van der Waals surface area contributed by atoms with Gasteiger partial charge in [-0.3, -0.25) is 0 Å². The lowest BCUT2D eigenvalue weighted by molar-refractivity contribution is -0.305. The Bertz CT molecular complexity index is 904. The minimum Gasteiger partial charge on any atom is -0.427 e. The molecule has 1 fully saturated rings. The van der Waals surface area contributed by atoms with E-state index in [0.717, 1.165) is 50.0 Å². The smallest absolute Gasteiger partial charge is 0.427 e. The molecule has 2 nitrogen and oxygen atoms in total. The first-order chi connectivity index (χ1) is 15.5. The monoisotopic (exact) mass is 478 g/mol. The van der Waals surface area contributed by atoms with Crippen LogP contribution in [-0.2, 0) is 4.74 Å². The summed E-state index contributed by atoms with van der Waals surface area (Å²) in [5.41, 5.74) is 2.07.